The summed E-state index contributed by atoms with van der Waals surface area (Å²) in [6.07, 6.45) is 3.21. The van der Waals surface area contributed by atoms with Gasteiger partial charge in [-0.2, -0.15) is 9.29 Å². The van der Waals surface area contributed by atoms with Crippen molar-refractivity contribution in [3.63, 3.8) is 0 Å². The predicted octanol–water partition coefficient (Wildman–Crippen LogP) is 2.20. The average molecular weight is 378 g/mol. The van der Waals surface area contributed by atoms with E-state index in [4.69, 9.17) is 4.52 Å². The second-order valence-corrected chi connectivity index (χ2v) is 7.76. The van der Waals surface area contributed by atoms with Gasteiger partial charge in [0.1, 0.15) is 11.6 Å². The summed E-state index contributed by atoms with van der Waals surface area (Å²) in [5, 5.41) is 3.86. The van der Waals surface area contributed by atoms with Crippen LogP contribution in [0.4, 0.5) is 8.78 Å². The second kappa shape index (κ2) is 6.22. The van der Waals surface area contributed by atoms with Gasteiger partial charge in [0, 0.05) is 37.1 Å². The Labute approximate surface area is 147 Å². The normalized spacial score (nSPS) is 15.8. The molecule has 0 bridgehead atoms. The number of sulfonamides is 1. The molecule has 3 heterocycles. The fraction of sp³-hybridized carbons (Fsp3) is 0.188. The molecule has 0 aliphatic carbocycles. The highest BCUT2D eigenvalue weighted by atomic mass is 32.2. The minimum Gasteiger partial charge on any atom is -0.339 e. The summed E-state index contributed by atoms with van der Waals surface area (Å²) in [6, 6.07) is 5.72. The van der Waals surface area contributed by atoms with Crippen LogP contribution in [0.25, 0.3) is 11.4 Å². The fourth-order valence-electron chi connectivity index (χ4n) is 2.63. The number of halogens is 2. The first-order valence-electron chi connectivity index (χ1n) is 7.64. The van der Waals surface area contributed by atoms with E-state index in [1.54, 1.807) is 24.5 Å². The molecule has 1 aromatic carbocycles. The molecule has 0 saturated carbocycles. The highest BCUT2D eigenvalue weighted by Crippen LogP contribution is 2.32. The first-order chi connectivity index (χ1) is 12.4. The van der Waals surface area contributed by atoms with E-state index in [1.165, 1.54) is 0 Å². The van der Waals surface area contributed by atoms with Crippen molar-refractivity contribution in [1.29, 1.82) is 0 Å². The standard InChI is InChI=1S/C16H12F2N4O3S/c17-12-4-13(18)6-14(5-12)26(23,24)22-8-11(9-22)16-20-15(21-25-16)10-2-1-3-19-7-10/h1-7,11H,8-9H2. The topological polar surface area (TPSA) is 89.2 Å². The van der Waals surface area contributed by atoms with Gasteiger partial charge in [-0.15, -0.1) is 0 Å². The lowest BCUT2D eigenvalue weighted by molar-refractivity contribution is 0.216. The molecular weight excluding hydrogens is 366 g/mol. The lowest BCUT2D eigenvalue weighted by atomic mass is 10.0. The van der Waals surface area contributed by atoms with E-state index in [0.717, 1.165) is 16.4 Å². The third-order valence-electron chi connectivity index (χ3n) is 4.03. The molecule has 0 amide bonds. The van der Waals surface area contributed by atoms with E-state index >= 15 is 0 Å². The summed E-state index contributed by atoms with van der Waals surface area (Å²) >= 11 is 0. The largest absolute Gasteiger partial charge is 0.339 e. The van der Waals surface area contributed by atoms with Crippen LogP contribution in [0.3, 0.4) is 0 Å². The Hall–Kier alpha value is -2.72. The lowest BCUT2D eigenvalue weighted by Crippen LogP contribution is -2.48. The molecule has 1 fully saturated rings. The van der Waals surface area contributed by atoms with Crippen molar-refractivity contribution in [3.8, 4) is 11.4 Å². The summed E-state index contributed by atoms with van der Waals surface area (Å²) in [4.78, 5) is 7.81. The summed E-state index contributed by atoms with van der Waals surface area (Å²) in [6.45, 7) is 0.185. The van der Waals surface area contributed by atoms with Gasteiger partial charge in [-0.1, -0.05) is 5.16 Å². The SMILES string of the molecule is O=S(=O)(c1cc(F)cc(F)c1)N1CC(c2nc(-c3cccnc3)no2)C1. The van der Waals surface area contributed by atoms with Crippen LogP contribution in [0.2, 0.25) is 0 Å². The highest BCUT2D eigenvalue weighted by Gasteiger charge is 2.40. The molecule has 1 aliphatic heterocycles. The molecule has 0 atom stereocenters. The van der Waals surface area contributed by atoms with Gasteiger partial charge >= 0.3 is 0 Å². The van der Waals surface area contributed by atoms with Gasteiger partial charge in [-0.25, -0.2) is 17.2 Å². The van der Waals surface area contributed by atoms with Crippen LogP contribution in [-0.4, -0.2) is 40.9 Å². The van der Waals surface area contributed by atoms with Crippen LogP contribution in [-0.2, 0) is 10.0 Å². The number of benzene rings is 1. The van der Waals surface area contributed by atoms with Crippen molar-refractivity contribution in [3.05, 3.63) is 60.3 Å². The van der Waals surface area contributed by atoms with Crippen molar-refractivity contribution < 1.29 is 21.7 Å². The van der Waals surface area contributed by atoms with Gasteiger partial charge < -0.3 is 4.52 Å². The summed E-state index contributed by atoms with van der Waals surface area (Å²) in [7, 11) is -3.98. The molecule has 0 unspecified atom stereocenters. The number of nitrogens with zero attached hydrogens (tertiary/aromatic N) is 4. The maximum atomic E-state index is 13.3. The third-order valence-corrected chi connectivity index (χ3v) is 5.84. The molecular formula is C16H12F2N4O3S. The van der Waals surface area contributed by atoms with E-state index in [9.17, 15) is 17.2 Å². The Morgan fingerprint density at radius 2 is 1.88 bits per heavy atom. The van der Waals surface area contributed by atoms with Gasteiger partial charge in [0.2, 0.25) is 21.7 Å². The smallest absolute Gasteiger partial charge is 0.243 e. The number of hydrogen-bond acceptors (Lipinski definition) is 6. The number of hydrogen-bond donors (Lipinski definition) is 0. The molecule has 134 valence electrons. The van der Waals surface area contributed by atoms with E-state index < -0.39 is 26.6 Å². The second-order valence-electron chi connectivity index (χ2n) is 5.82. The maximum absolute atomic E-state index is 13.3. The molecule has 0 spiro atoms. The molecule has 0 N–H and O–H groups in total. The molecule has 3 aromatic rings. The lowest BCUT2D eigenvalue weighted by Gasteiger charge is -2.35. The molecule has 1 saturated heterocycles. The minimum atomic E-state index is -3.98. The third kappa shape index (κ3) is 2.97. The van der Waals surface area contributed by atoms with Crippen LogP contribution >= 0.6 is 0 Å². The zero-order valence-electron chi connectivity index (χ0n) is 13.2. The first kappa shape index (κ1) is 16.7. The molecule has 0 radical (unpaired) electrons. The minimum absolute atomic E-state index is 0.0924. The molecule has 7 nitrogen and oxygen atoms in total. The van der Waals surface area contributed by atoms with E-state index in [0.29, 0.717) is 23.3 Å². The molecule has 1 aliphatic rings. The Morgan fingerprint density at radius 1 is 1.15 bits per heavy atom. The van der Waals surface area contributed by atoms with Gasteiger partial charge in [-0.3, -0.25) is 4.98 Å². The Balaban J connectivity index is 1.49. The molecule has 10 heteroatoms. The van der Waals surface area contributed by atoms with Crippen molar-refractivity contribution in [2.24, 2.45) is 0 Å². The van der Waals surface area contributed by atoms with Gasteiger partial charge in [0.15, 0.2) is 0 Å². The van der Waals surface area contributed by atoms with Gasteiger partial charge in [-0.05, 0) is 24.3 Å². The number of pyridine rings is 1. The predicted molar refractivity (Wildman–Crippen MR) is 85.4 cm³/mol. The monoisotopic (exact) mass is 378 g/mol. The van der Waals surface area contributed by atoms with E-state index in [2.05, 4.69) is 15.1 Å². The quantitative estimate of drug-likeness (QED) is 0.691. The zero-order chi connectivity index (χ0) is 18.3. The van der Waals surface area contributed by atoms with Gasteiger partial charge in [0.05, 0.1) is 10.8 Å². The Bertz CT molecular complexity index is 1030. The summed E-state index contributed by atoms with van der Waals surface area (Å²) in [5.41, 5.74) is 0.682. The highest BCUT2D eigenvalue weighted by molar-refractivity contribution is 7.89. The van der Waals surface area contributed by atoms with Crippen molar-refractivity contribution in [2.45, 2.75) is 10.8 Å². The van der Waals surface area contributed by atoms with Crippen LogP contribution < -0.4 is 0 Å². The molecule has 26 heavy (non-hydrogen) atoms. The van der Waals surface area contributed by atoms with Crippen LogP contribution in [0, 0.1) is 11.6 Å². The van der Waals surface area contributed by atoms with E-state index in [-0.39, 0.29) is 19.0 Å². The molecule has 4 rings (SSSR count). The van der Waals surface area contributed by atoms with Crippen molar-refractivity contribution >= 4 is 10.0 Å². The summed E-state index contributed by atoms with van der Waals surface area (Å²) < 4.78 is 57.8. The average Bonchev–Trinajstić information content (AvgIpc) is 3.03. The number of aromatic nitrogens is 3. The van der Waals surface area contributed by atoms with E-state index in [1.807, 2.05) is 0 Å². The van der Waals surface area contributed by atoms with Gasteiger partial charge in [0.25, 0.3) is 0 Å². The molecule has 2 aromatic heterocycles. The summed E-state index contributed by atoms with van der Waals surface area (Å²) in [5.74, 6) is -1.50. The Morgan fingerprint density at radius 3 is 2.54 bits per heavy atom. The van der Waals surface area contributed by atoms with Crippen molar-refractivity contribution in [2.75, 3.05) is 13.1 Å². The first-order valence-corrected chi connectivity index (χ1v) is 9.08. The van der Waals surface area contributed by atoms with Crippen LogP contribution in [0.1, 0.15) is 11.8 Å². The van der Waals surface area contributed by atoms with Crippen LogP contribution in [0.15, 0.2) is 52.1 Å². The van der Waals surface area contributed by atoms with Crippen LogP contribution in [0.5, 0.6) is 0 Å². The zero-order valence-corrected chi connectivity index (χ0v) is 14.0. The Kier molecular flexibility index (Phi) is 4.00. The fourth-order valence-corrected chi connectivity index (χ4v) is 4.20. The number of rotatable bonds is 4. The van der Waals surface area contributed by atoms with Crippen molar-refractivity contribution in [1.82, 2.24) is 19.4 Å². The maximum Gasteiger partial charge on any atom is 0.243 e.